The molecule has 0 aliphatic carbocycles. The van der Waals surface area contributed by atoms with Gasteiger partial charge in [0.2, 0.25) is 0 Å². The maximum absolute atomic E-state index is 5.88. The highest BCUT2D eigenvalue weighted by atomic mass is 16.5. The van der Waals surface area contributed by atoms with Crippen LogP contribution in [0.1, 0.15) is 105 Å². The van der Waals surface area contributed by atoms with Gasteiger partial charge >= 0.3 is 0 Å². The molecule has 0 aromatic rings. The molecular formula is C20H43NO2. The van der Waals surface area contributed by atoms with Crippen LogP contribution in [0.3, 0.4) is 0 Å². The highest BCUT2D eigenvalue weighted by Crippen LogP contribution is 2.12. The van der Waals surface area contributed by atoms with E-state index in [2.05, 4.69) is 33.0 Å². The van der Waals surface area contributed by atoms with Gasteiger partial charge in [0.25, 0.3) is 0 Å². The van der Waals surface area contributed by atoms with Gasteiger partial charge in [-0.25, -0.2) is 0 Å². The summed E-state index contributed by atoms with van der Waals surface area (Å²) in [6, 6.07) is 0. The van der Waals surface area contributed by atoms with Crippen molar-refractivity contribution in [2.75, 3.05) is 13.2 Å². The Morgan fingerprint density at radius 3 is 1.30 bits per heavy atom. The molecule has 0 heterocycles. The Hall–Kier alpha value is -0.120. The lowest BCUT2D eigenvalue weighted by Gasteiger charge is -2.26. The van der Waals surface area contributed by atoms with E-state index in [-0.39, 0.29) is 12.5 Å². The third-order valence-electron chi connectivity index (χ3n) is 4.25. The van der Waals surface area contributed by atoms with Crippen molar-refractivity contribution in [3.63, 3.8) is 0 Å². The normalized spacial score (nSPS) is 14.1. The molecule has 0 aliphatic rings. The van der Waals surface area contributed by atoms with Crippen molar-refractivity contribution in [3.8, 4) is 0 Å². The van der Waals surface area contributed by atoms with Crippen molar-refractivity contribution in [1.82, 2.24) is 5.32 Å². The summed E-state index contributed by atoms with van der Waals surface area (Å²) in [4.78, 5) is 0. The van der Waals surface area contributed by atoms with Crippen LogP contribution in [0.15, 0.2) is 0 Å². The van der Waals surface area contributed by atoms with Crippen LogP contribution >= 0.6 is 0 Å². The molecule has 0 rings (SSSR count). The van der Waals surface area contributed by atoms with Gasteiger partial charge in [-0.1, -0.05) is 65.2 Å². The first-order valence-corrected chi connectivity index (χ1v) is 10.3. The second kappa shape index (κ2) is 18.2. The zero-order valence-corrected chi connectivity index (χ0v) is 16.4. The predicted molar refractivity (Wildman–Crippen MR) is 101 cm³/mol. The quantitative estimate of drug-likeness (QED) is 0.246. The lowest BCUT2D eigenvalue weighted by atomic mass is 10.1. The molecule has 3 nitrogen and oxygen atoms in total. The van der Waals surface area contributed by atoms with Crippen LogP contribution in [0.5, 0.6) is 0 Å². The second-order valence-corrected chi connectivity index (χ2v) is 6.46. The fraction of sp³-hybridized carbons (Fsp3) is 1.00. The van der Waals surface area contributed by atoms with Gasteiger partial charge in [-0.2, -0.15) is 0 Å². The van der Waals surface area contributed by atoms with Crippen LogP contribution in [0, 0.1) is 0 Å². The second-order valence-electron chi connectivity index (χ2n) is 6.46. The highest BCUT2D eigenvalue weighted by Gasteiger charge is 2.15. The third-order valence-corrected chi connectivity index (χ3v) is 4.25. The predicted octanol–water partition coefficient (Wildman–Crippen LogP) is 6.02. The maximum atomic E-state index is 5.88. The summed E-state index contributed by atoms with van der Waals surface area (Å²) >= 11 is 0. The van der Waals surface area contributed by atoms with Gasteiger partial charge in [0.1, 0.15) is 12.5 Å². The van der Waals surface area contributed by atoms with E-state index in [0.717, 1.165) is 26.1 Å². The van der Waals surface area contributed by atoms with Crippen LogP contribution in [0.4, 0.5) is 0 Å². The Bertz CT molecular complexity index is 202. The summed E-state index contributed by atoms with van der Waals surface area (Å²) in [5.74, 6) is 0. The monoisotopic (exact) mass is 329 g/mol. The average Bonchev–Trinajstić information content (AvgIpc) is 2.54. The summed E-state index contributed by atoms with van der Waals surface area (Å²) in [7, 11) is 0. The average molecular weight is 330 g/mol. The third kappa shape index (κ3) is 15.2. The van der Waals surface area contributed by atoms with Gasteiger partial charge in [-0.05, 0) is 39.5 Å². The molecule has 140 valence electrons. The van der Waals surface area contributed by atoms with E-state index in [9.17, 15) is 0 Å². The first-order valence-electron chi connectivity index (χ1n) is 10.3. The Balaban J connectivity index is 4.02. The molecule has 0 aromatic heterocycles. The molecule has 0 saturated carbocycles. The van der Waals surface area contributed by atoms with Gasteiger partial charge < -0.3 is 9.47 Å². The first-order chi connectivity index (χ1) is 11.3. The Morgan fingerprint density at radius 1 is 0.565 bits per heavy atom. The fourth-order valence-corrected chi connectivity index (χ4v) is 2.91. The van der Waals surface area contributed by atoms with Crippen LogP contribution < -0.4 is 5.32 Å². The van der Waals surface area contributed by atoms with E-state index in [1.54, 1.807) is 0 Å². The number of hydrogen-bond acceptors (Lipinski definition) is 3. The van der Waals surface area contributed by atoms with Crippen molar-refractivity contribution in [1.29, 1.82) is 0 Å². The maximum Gasteiger partial charge on any atom is 0.110 e. The van der Waals surface area contributed by atoms with Gasteiger partial charge in [0.15, 0.2) is 0 Å². The molecule has 0 aliphatic heterocycles. The number of rotatable bonds is 18. The zero-order valence-electron chi connectivity index (χ0n) is 16.4. The largest absolute Gasteiger partial charge is 0.364 e. The van der Waals surface area contributed by atoms with E-state index in [1.165, 1.54) is 64.2 Å². The van der Waals surface area contributed by atoms with E-state index >= 15 is 0 Å². The lowest BCUT2D eigenvalue weighted by Crippen LogP contribution is -2.41. The van der Waals surface area contributed by atoms with Crippen LogP contribution in [0.2, 0.25) is 0 Å². The standard InChI is InChI=1S/C20H43NO2/c1-5-9-11-13-15-17-19(22-7-3)21-20(23-8-4)18-16-14-12-10-6-2/h19-21H,5-18H2,1-4H3. The van der Waals surface area contributed by atoms with Gasteiger partial charge in [-0.3, -0.25) is 5.32 Å². The summed E-state index contributed by atoms with van der Waals surface area (Å²) in [6.07, 6.45) is 15.6. The van der Waals surface area contributed by atoms with Crippen LogP contribution in [0.25, 0.3) is 0 Å². The number of ether oxygens (including phenoxy) is 2. The van der Waals surface area contributed by atoms with E-state index < -0.39 is 0 Å². The molecule has 0 aromatic carbocycles. The highest BCUT2D eigenvalue weighted by molar-refractivity contribution is 4.63. The molecular weight excluding hydrogens is 286 g/mol. The van der Waals surface area contributed by atoms with Crippen LogP contribution in [-0.4, -0.2) is 25.7 Å². The number of nitrogens with one attached hydrogen (secondary N) is 1. The van der Waals surface area contributed by atoms with Gasteiger partial charge in [0.05, 0.1) is 0 Å². The van der Waals surface area contributed by atoms with Crippen LogP contribution in [-0.2, 0) is 9.47 Å². The minimum absolute atomic E-state index is 0.147. The minimum atomic E-state index is 0.147. The SMILES string of the molecule is CCCCCCCC(NC(CCCCCCC)OCC)OCC. The molecule has 23 heavy (non-hydrogen) atoms. The molecule has 1 N–H and O–H groups in total. The smallest absolute Gasteiger partial charge is 0.110 e. The Labute approximate surface area is 145 Å². The summed E-state index contributed by atoms with van der Waals surface area (Å²) in [6.45, 7) is 10.2. The lowest BCUT2D eigenvalue weighted by molar-refractivity contribution is -0.0463. The topological polar surface area (TPSA) is 30.5 Å². The molecule has 0 spiro atoms. The molecule has 0 amide bonds. The number of unbranched alkanes of at least 4 members (excludes halogenated alkanes) is 8. The van der Waals surface area contributed by atoms with Crippen molar-refractivity contribution in [3.05, 3.63) is 0 Å². The molecule has 0 bridgehead atoms. The molecule has 3 heteroatoms. The van der Waals surface area contributed by atoms with Crippen molar-refractivity contribution < 1.29 is 9.47 Å². The molecule has 0 saturated heterocycles. The van der Waals surface area contributed by atoms with Crippen molar-refractivity contribution >= 4 is 0 Å². The zero-order chi connectivity index (χ0) is 17.2. The van der Waals surface area contributed by atoms with Crippen molar-refractivity contribution in [2.24, 2.45) is 0 Å². The van der Waals surface area contributed by atoms with Gasteiger partial charge in [0, 0.05) is 13.2 Å². The van der Waals surface area contributed by atoms with E-state index in [4.69, 9.17) is 9.47 Å². The van der Waals surface area contributed by atoms with E-state index in [1.807, 2.05) is 0 Å². The van der Waals surface area contributed by atoms with Gasteiger partial charge in [-0.15, -0.1) is 0 Å². The molecule has 2 unspecified atom stereocenters. The van der Waals surface area contributed by atoms with Crippen molar-refractivity contribution in [2.45, 2.75) is 117 Å². The summed E-state index contributed by atoms with van der Waals surface area (Å²) in [5.41, 5.74) is 0. The Morgan fingerprint density at radius 2 is 0.957 bits per heavy atom. The summed E-state index contributed by atoms with van der Waals surface area (Å²) < 4.78 is 11.8. The molecule has 2 atom stereocenters. The minimum Gasteiger partial charge on any atom is -0.364 e. The summed E-state index contributed by atoms with van der Waals surface area (Å²) in [5, 5.41) is 3.59. The number of hydrogen-bond donors (Lipinski definition) is 1. The molecule has 0 radical (unpaired) electrons. The molecule has 0 fully saturated rings. The fourth-order valence-electron chi connectivity index (χ4n) is 2.91. The Kier molecular flexibility index (Phi) is 18.1. The van der Waals surface area contributed by atoms with E-state index in [0.29, 0.717) is 0 Å². The first kappa shape index (κ1) is 22.9.